The molecule has 1 aromatic heterocycles. The number of hydrogen-bond donors (Lipinski definition) is 1. The van der Waals surface area contributed by atoms with Crippen molar-refractivity contribution in [2.45, 2.75) is 25.8 Å². The van der Waals surface area contributed by atoms with Crippen LogP contribution in [-0.2, 0) is 6.54 Å². The summed E-state index contributed by atoms with van der Waals surface area (Å²) >= 11 is 0. The number of aromatic nitrogens is 2. The minimum atomic E-state index is -0.162. The molecular weight excluding hydrogens is 276 g/mol. The predicted octanol–water partition coefficient (Wildman–Crippen LogP) is 2.40. The van der Waals surface area contributed by atoms with E-state index in [1.165, 1.54) is 6.42 Å². The fourth-order valence-electron chi connectivity index (χ4n) is 2.59. The van der Waals surface area contributed by atoms with Crippen LogP contribution in [0.2, 0.25) is 0 Å². The van der Waals surface area contributed by atoms with Gasteiger partial charge in [0.05, 0.1) is 0 Å². The van der Waals surface area contributed by atoms with Gasteiger partial charge in [-0.1, -0.05) is 30.3 Å². The van der Waals surface area contributed by atoms with Crippen molar-refractivity contribution in [3.05, 3.63) is 53.9 Å². The first-order valence-corrected chi connectivity index (χ1v) is 7.73. The predicted molar refractivity (Wildman–Crippen MR) is 85.7 cm³/mol. The third-order valence-electron chi connectivity index (χ3n) is 3.81. The van der Waals surface area contributed by atoms with Gasteiger partial charge in [-0.25, -0.2) is 9.97 Å². The third kappa shape index (κ3) is 3.61. The molecule has 1 amide bonds. The van der Waals surface area contributed by atoms with E-state index in [0.717, 1.165) is 31.5 Å². The molecule has 0 unspecified atom stereocenters. The second-order valence-electron chi connectivity index (χ2n) is 5.46. The summed E-state index contributed by atoms with van der Waals surface area (Å²) in [4.78, 5) is 23.1. The van der Waals surface area contributed by atoms with Crippen molar-refractivity contribution in [3.63, 3.8) is 0 Å². The second-order valence-corrected chi connectivity index (χ2v) is 5.46. The summed E-state index contributed by atoms with van der Waals surface area (Å²) in [5.41, 5.74) is 1.49. The van der Waals surface area contributed by atoms with Crippen LogP contribution in [0.5, 0.6) is 0 Å². The van der Waals surface area contributed by atoms with Gasteiger partial charge in [0, 0.05) is 25.8 Å². The van der Waals surface area contributed by atoms with E-state index in [2.05, 4.69) is 20.2 Å². The molecule has 5 nitrogen and oxygen atoms in total. The average molecular weight is 296 g/mol. The molecule has 5 heteroatoms. The Labute approximate surface area is 130 Å². The molecule has 0 bridgehead atoms. The summed E-state index contributed by atoms with van der Waals surface area (Å²) in [6.07, 6.45) is 5.24. The highest BCUT2D eigenvalue weighted by Crippen LogP contribution is 2.15. The van der Waals surface area contributed by atoms with Crippen LogP contribution in [0.3, 0.4) is 0 Å². The normalized spacial score (nSPS) is 14.6. The van der Waals surface area contributed by atoms with Crippen LogP contribution < -0.4 is 10.2 Å². The fourth-order valence-corrected chi connectivity index (χ4v) is 2.59. The summed E-state index contributed by atoms with van der Waals surface area (Å²) < 4.78 is 0. The quantitative estimate of drug-likeness (QED) is 0.941. The van der Waals surface area contributed by atoms with Crippen LogP contribution in [0.1, 0.15) is 35.3 Å². The maximum atomic E-state index is 12.2. The molecule has 0 saturated carbocycles. The van der Waals surface area contributed by atoms with Gasteiger partial charge in [0.25, 0.3) is 5.91 Å². The highest BCUT2D eigenvalue weighted by molar-refractivity contribution is 5.92. The minimum absolute atomic E-state index is 0.162. The van der Waals surface area contributed by atoms with Gasteiger partial charge in [-0.15, -0.1) is 0 Å². The van der Waals surface area contributed by atoms with Gasteiger partial charge in [-0.3, -0.25) is 4.79 Å². The van der Waals surface area contributed by atoms with E-state index >= 15 is 0 Å². The lowest BCUT2D eigenvalue weighted by Gasteiger charge is -2.26. The van der Waals surface area contributed by atoms with Gasteiger partial charge in [0.15, 0.2) is 0 Å². The molecule has 114 valence electrons. The number of anilines is 1. The average Bonchev–Trinajstić information content (AvgIpc) is 2.61. The van der Waals surface area contributed by atoms with E-state index < -0.39 is 0 Å². The smallest absolute Gasteiger partial charge is 0.270 e. The first-order valence-electron chi connectivity index (χ1n) is 7.73. The molecule has 1 aliphatic rings. The molecule has 0 aliphatic carbocycles. The van der Waals surface area contributed by atoms with E-state index in [4.69, 9.17) is 0 Å². The van der Waals surface area contributed by atoms with Crippen molar-refractivity contribution >= 4 is 11.9 Å². The van der Waals surface area contributed by atoms with Gasteiger partial charge in [-0.2, -0.15) is 0 Å². The number of amides is 1. The van der Waals surface area contributed by atoms with E-state index in [-0.39, 0.29) is 5.91 Å². The number of rotatable bonds is 4. The van der Waals surface area contributed by atoms with Crippen LogP contribution >= 0.6 is 0 Å². The summed E-state index contributed by atoms with van der Waals surface area (Å²) in [6, 6.07) is 11.5. The molecule has 0 atom stereocenters. The number of nitrogens with one attached hydrogen (secondary N) is 1. The largest absolute Gasteiger partial charge is 0.347 e. The maximum absolute atomic E-state index is 12.2. The van der Waals surface area contributed by atoms with Gasteiger partial charge >= 0.3 is 0 Å². The molecule has 1 saturated heterocycles. The Morgan fingerprint density at radius 2 is 1.86 bits per heavy atom. The number of piperidine rings is 1. The summed E-state index contributed by atoms with van der Waals surface area (Å²) in [7, 11) is 0. The fraction of sp³-hybridized carbons (Fsp3) is 0.353. The Morgan fingerprint density at radius 3 is 2.64 bits per heavy atom. The van der Waals surface area contributed by atoms with Gasteiger partial charge < -0.3 is 10.2 Å². The Bertz CT molecular complexity index is 624. The molecular formula is C17H20N4O. The molecule has 1 aromatic carbocycles. The van der Waals surface area contributed by atoms with Crippen LogP contribution in [-0.4, -0.2) is 29.0 Å². The van der Waals surface area contributed by atoms with E-state index in [1.54, 1.807) is 12.3 Å². The van der Waals surface area contributed by atoms with Crippen LogP contribution in [0.25, 0.3) is 0 Å². The number of carbonyl (C=O) groups excluding carboxylic acids is 1. The van der Waals surface area contributed by atoms with Crippen LogP contribution in [0.4, 0.5) is 5.95 Å². The molecule has 1 N–H and O–H groups in total. The van der Waals surface area contributed by atoms with Crippen LogP contribution in [0, 0.1) is 0 Å². The summed E-state index contributed by atoms with van der Waals surface area (Å²) in [5, 5.41) is 2.90. The third-order valence-corrected chi connectivity index (χ3v) is 3.81. The van der Waals surface area contributed by atoms with Gasteiger partial charge in [-0.05, 0) is 30.9 Å². The Morgan fingerprint density at radius 1 is 1.09 bits per heavy atom. The lowest BCUT2D eigenvalue weighted by Crippen LogP contribution is -2.32. The van der Waals surface area contributed by atoms with E-state index in [9.17, 15) is 4.79 Å². The highest BCUT2D eigenvalue weighted by Gasteiger charge is 2.15. The van der Waals surface area contributed by atoms with Crippen molar-refractivity contribution < 1.29 is 4.79 Å². The molecule has 2 heterocycles. The number of nitrogens with zero attached hydrogens (tertiary/aromatic N) is 3. The Kier molecular flexibility index (Phi) is 4.63. The molecule has 1 fully saturated rings. The number of hydrogen-bond acceptors (Lipinski definition) is 4. The minimum Gasteiger partial charge on any atom is -0.347 e. The highest BCUT2D eigenvalue weighted by atomic mass is 16.1. The topological polar surface area (TPSA) is 58.1 Å². The number of carbonyl (C=O) groups is 1. The Balaban J connectivity index is 1.64. The lowest BCUT2D eigenvalue weighted by molar-refractivity contribution is 0.0946. The molecule has 3 rings (SSSR count). The van der Waals surface area contributed by atoms with E-state index in [1.807, 2.05) is 30.3 Å². The lowest BCUT2D eigenvalue weighted by atomic mass is 10.1. The van der Waals surface area contributed by atoms with E-state index in [0.29, 0.717) is 18.2 Å². The van der Waals surface area contributed by atoms with Gasteiger partial charge in [0.2, 0.25) is 5.95 Å². The monoisotopic (exact) mass is 296 g/mol. The molecule has 1 aliphatic heterocycles. The first-order chi connectivity index (χ1) is 10.8. The van der Waals surface area contributed by atoms with Crippen molar-refractivity contribution in [2.24, 2.45) is 0 Å². The molecule has 2 aromatic rings. The summed E-state index contributed by atoms with van der Waals surface area (Å²) in [5.74, 6) is 0.497. The first kappa shape index (κ1) is 14.5. The maximum Gasteiger partial charge on any atom is 0.270 e. The molecule has 0 radical (unpaired) electrons. The van der Waals surface area contributed by atoms with Crippen LogP contribution in [0.15, 0.2) is 42.6 Å². The van der Waals surface area contributed by atoms with Crippen molar-refractivity contribution in [3.8, 4) is 0 Å². The van der Waals surface area contributed by atoms with Crippen molar-refractivity contribution in [2.75, 3.05) is 18.0 Å². The standard InChI is InChI=1S/C17H20N4O/c22-16(19-13-14-7-3-1-4-8-14)15-9-10-18-17(20-15)21-11-5-2-6-12-21/h1,3-4,7-10H,2,5-6,11-13H2,(H,19,22). The SMILES string of the molecule is O=C(NCc1ccccc1)c1ccnc(N2CCCCC2)n1. The zero-order chi connectivity index (χ0) is 15.2. The second kappa shape index (κ2) is 7.02. The van der Waals surface area contributed by atoms with Crippen molar-refractivity contribution in [1.29, 1.82) is 0 Å². The van der Waals surface area contributed by atoms with Gasteiger partial charge in [0.1, 0.15) is 5.69 Å². The molecule has 0 spiro atoms. The summed E-state index contributed by atoms with van der Waals surface area (Å²) in [6.45, 7) is 2.44. The Hall–Kier alpha value is -2.43. The molecule has 22 heavy (non-hydrogen) atoms. The van der Waals surface area contributed by atoms with Crippen molar-refractivity contribution in [1.82, 2.24) is 15.3 Å². The zero-order valence-corrected chi connectivity index (χ0v) is 12.5. The zero-order valence-electron chi connectivity index (χ0n) is 12.5. The number of benzene rings is 1.